The van der Waals surface area contributed by atoms with Gasteiger partial charge in [-0.05, 0) is 25.5 Å². The van der Waals surface area contributed by atoms with Crippen molar-refractivity contribution in [3.05, 3.63) is 52.8 Å². The minimum atomic E-state index is -0.0485. The molecule has 28 heavy (non-hydrogen) atoms. The van der Waals surface area contributed by atoms with Crippen molar-refractivity contribution in [2.75, 3.05) is 13.2 Å². The topological polar surface area (TPSA) is 79.2 Å². The molecule has 0 saturated carbocycles. The van der Waals surface area contributed by atoms with Crippen LogP contribution in [0.1, 0.15) is 19.2 Å². The van der Waals surface area contributed by atoms with Crippen molar-refractivity contribution >= 4 is 28.4 Å². The fraction of sp³-hybridized carbons (Fsp3) is 0.368. The molecule has 0 aliphatic carbocycles. The highest BCUT2D eigenvalue weighted by Crippen LogP contribution is 2.24. The van der Waals surface area contributed by atoms with Crippen LogP contribution < -0.4 is 5.56 Å². The van der Waals surface area contributed by atoms with Gasteiger partial charge >= 0.3 is 0 Å². The second-order valence-electron chi connectivity index (χ2n) is 6.39. The lowest BCUT2D eigenvalue weighted by molar-refractivity contribution is 0.141. The molecule has 1 aromatic carbocycles. The minimum Gasteiger partial charge on any atom is -0.382 e. The Morgan fingerprint density at radius 3 is 2.86 bits per heavy atom. The summed E-state index contributed by atoms with van der Waals surface area (Å²) in [6.07, 6.45) is 4.44. The maximum atomic E-state index is 13.0. The quantitative estimate of drug-likeness (QED) is 0.335. The molecule has 146 valence electrons. The number of para-hydroxylation sites is 1. The molecule has 0 aliphatic heterocycles. The summed E-state index contributed by atoms with van der Waals surface area (Å²) < 4.78 is 11.1. The van der Waals surface area contributed by atoms with Crippen molar-refractivity contribution in [3.8, 4) is 0 Å². The summed E-state index contributed by atoms with van der Waals surface area (Å²) >= 11 is 1.56. The number of benzene rings is 1. The highest BCUT2D eigenvalue weighted by molar-refractivity contribution is 7.98. The van der Waals surface area contributed by atoms with Crippen LogP contribution in [0.5, 0.6) is 0 Å². The van der Waals surface area contributed by atoms with Crippen molar-refractivity contribution in [3.63, 3.8) is 0 Å². The Balaban J connectivity index is 1.77. The van der Waals surface area contributed by atoms with Crippen LogP contribution in [0.15, 0.2) is 46.6 Å². The number of fused-ring (bicyclic) bond motifs is 3. The Bertz CT molecular complexity index is 1160. The lowest BCUT2D eigenvalue weighted by atomic mass is 10.2. The van der Waals surface area contributed by atoms with Crippen LogP contribution in [0.2, 0.25) is 0 Å². The molecular formula is C19H22N6O2S. The molecule has 0 bridgehead atoms. The van der Waals surface area contributed by atoms with E-state index in [0.717, 1.165) is 22.9 Å². The molecule has 0 unspecified atom stereocenters. The maximum Gasteiger partial charge on any atom is 0.262 e. The van der Waals surface area contributed by atoms with Gasteiger partial charge in [0.15, 0.2) is 5.16 Å². The zero-order chi connectivity index (χ0) is 19.5. The number of aromatic nitrogens is 6. The molecule has 0 saturated heterocycles. The number of hydrogen-bond donors (Lipinski definition) is 0. The molecule has 0 spiro atoms. The Morgan fingerprint density at radius 2 is 2.07 bits per heavy atom. The molecule has 0 amide bonds. The van der Waals surface area contributed by atoms with E-state index >= 15 is 0 Å². The van der Waals surface area contributed by atoms with Gasteiger partial charge in [-0.1, -0.05) is 23.9 Å². The average Bonchev–Trinajstić information content (AvgIpc) is 3.32. The van der Waals surface area contributed by atoms with Gasteiger partial charge in [0.25, 0.3) is 5.56 Å². The molecule has 9 heteroatoms. The van der Waals surface area contributed by atoms with Crippen LogP contribution >= 0.6 is 11.8 Å². The fourth-order valence-electron chi connectivity index (χ4n) is 3.16. The fourth-order valence-corrected chi connectivity index (χ4v) is 4.11. The summed E-state index contributed by atoms with van der Waals surface area (Å²) in [7, 11) is 1.97. The monoisotopic (exact) mass is 398 g/mol. The van der Waals surface area contributed by atoms with Crippen molar-refractivity contribution in [2.24, 2.45) is 7.05 Å². The number of rotatable bonds is 8. The van der Waals surface area contributed by atoms with E-state index in [9.17, 15) is 4.79 Å². The third-order valence-corrected chi connectivity index (χ3v) is 5.53. The first-order valence-corrected chi connectivity index (χ1v) is 10.2. The molecular weight excluding hydrogens is 376 g/mol. The van der Waals surface area contributed by atoms with Gasteiger partial charge in [0, 0.05) is 39.2 Å². The Morgan fingerprint density at radius 1 is 1.21 bits per heavy atom. The zero-order valence-corrected chi connectivity index (χ0v) is 16.7. The smallest absolute Gasteiger partial charge is 0.262 e. The second-order valence-corrected chi connectivity index (χ2v) is 7.33. The van der Waals surface area contributed by atoms with Crippen LogP contribution in [0.3, 0.4) is 0 Å². The normalized spacial score (nSPS) is 11.6. The SMILES string of the molecule is CCOCCCn1c(=O)c2ccccc2n2c(SCc3nccn3C)nnc12. The summed E-state index contributed by atoms with van der Waals surface area (Å²) in [5.74, 6) is 2.18. The van der Waals surface area contributed by atoms with E-state index in [2.05, 4.69) is 15.2 Å². The number of ether oxygens (including phenoxy) is 1. The number of thioether (sulfide) groups is 1. The molecule has 8 nitrogen and oxygen atoms in total. The first-order valence-electron chi connectivity index (χ1n) is 9.24. The maximum absolute atomic E-state index is 13.0. The summed E-state index contributed by atoms with van der Waals surface area (Å²) in [6, 6.07) is 7.59. The van der Waals surface area contributed by atoms with Gasteiger partial charge in [0.2, 0.25) is 5.78 Å². The van der Waals surface area contributed by atoms with E-state index < -0.39 is 0 Å². The largest absolute Gasteiger partial charge is 0.382 e. The number of aryl methyl sites for hydroxylation is 2. The van der Waals surface area contributed by atoms with Crippen LogP contribution in [0, 0.1) is 0 Å². The molecule has 0 aliphatic rings. The van der Waals surface area contributed by atoms with Crippen molar-refractivity contribution in [1.29, 1.82) is 0 Å². The van der Waals surface area contributed by atoms with E-state index in [1.807, 2.05) is 53.4 Å². The van der Waals surface area contributed by atoms with Crippen molar-refractivity contribution < 1.29 is 4.74 Å². The van der Waals surface area contributed by atoms with E-state index in [-0.39, 0.29) is 5.56 Å². The zero-order valence-electron chi connectivity index (χ0n) is 15.9. The Kier molecular flexibility index (Phi) is 5.45. The Labute approximate surface area is 166 Å². The first-order chi connectivity index (χ1) is 13.7. The standard InChI is InChI=1S/C19H22N6O2S/c1-3-27-12-6-10-24-17(26)14-7-4-5-8-15(14)25-18(24)21-22-19(25)28-13-16-20-9-11-23(16)2/h4-5,7-9,11H,3,6,10,12-13H2,1-2H3. The minimum absolute atomic E-state index is 0.0485. The van der Waals surface area contributed by atoms with E-state index in [0.29, 0.717) is 36.7 Å². The first kappa shape index (κ1) is 18.7. The molecule has 0 atom stereocenters. The average molecular weight is 398 g/mol. The number of imidazole rings is 1. The lowest BCUT2D eigenvalue weighted by Gasteiger charge is -2.11. The predicted octanol–water partition coefficient (Wildman–Crippen LogP) is 2.50. The highest BCUT2D eigenvalue weighted by Gasteiger charge is 2.17. The molecule has 4 aromatic rings. The van der Waals surface area contributed by atoms with Gasteiger partial charge in [-0.2, -0.15) is 0 Å². The van der Waals surface area contributed by atoms with Crippen LogP contribution in [-0.2, 0) is 24.1 Å². The van der Waals surface area contributed by atoms with Gasteiger partial charge in [0.1, 0.15) is 5.82 Å². The van der Waals surface area contributed by atoms with Gasteiger partial charge in [-0.25, -0.2) is 4.98 Å². The third kappa shape index (κ3) is 3.43. The van der Waals surface area contributed by atoms with Crippen LogP contribution in [0.25, 0.3) is 16.7 Å². The summed E-state index contributed by atoms with van der Waals surface area (Å²) in [4.78, 5) is 17.4. The van der Waals surface area contributed by atoms with Gasteiger partial charge < -0.3 is 9.30 Å². The number of hydrogen-bond acceptors (Lipinski definition) is 6. The molecule has 0 fully saturated rings. The second kappa shape index (κ2) is 8.15. The highest BCUT2D eigenvalue weighted by atomic mass is 32.2. The number of nitrogens with zero attached hydrogens (tertiary/aromatic N) is 6. The third-order valence-electron chi connectivity index (χ3n) is 4.60. The van der Waals surface area contributed by atoms with Gasteiger partial charge in [0.05, 0.1) is 16.7 Å². The summed E-state index contributed by atoms with van der Waals surface area (Å²) in [6.45, 7) is 3.77. The predicted molar refractivity (Wildman–Crippen MR) is 109 cm³/mol. The summed E-state index contributed by atoms with van der Waals surface area (Å²) in [5.41, 5.74) is 0.767. The van der Waals surface area contributed by atoms with Gasteiger partial charge in [-0.3, -0.25) is 13.8 Å². The van der Waals surface area contributed by atoms with E-state index in [1.54, 1.807) is 22.5 Å². The molecule has 0 N–H and O–H groups in total. The van der Waals surface area contributed by atoms with Gasteiger partial charge in [-0.15, -0.1) is 10.2 Å². The van der Waals surface area contributed by atoms with E-state index in [1.165, 1.54) is 0 Å². The molecule has 3 aromatic heterocycles. The molecule has 4 rings (SSSR count). The van der Waals surface area contributed by atoms with Crippen LogP contribution in [-0.4, -0.2) is 41.9 Å². The van der Waals surface area contributed by atoms with Crippen molar-refractivity contribution in [2.45, 2.75) is 30.8 Å². The molecule has 0 radical (unpaired) electrons. The van der Waals surface area contributed by atoms with Crippen molar-refractivity contribution in [1.82, 2.24) is 28.7 Å². The van der Waals surface area contributed by atoms with E-state index in [4.69, 9.17) is 4.74 Å². The Hall–Kier alpha value is -2.65. The van der Waals surface area contributed by atoms with Crippen LogP contribution in [0.4, 0.5) is 0 Å². The molecule has 3 heterocycles. The summed E-state index contributed by atoms with van der Waals surface area (Å²) in [5, 5.41) is 10.1. The lowest BCUT2D eigenvalue weighted by Crippen LogP contribution is -2.24.